The van der Waals surface area contributed by atoms with E-state index in [0.29, 0.717) is 49.5 Å². The molecule has 10 heteroatoms. The summed E-state index contributed by atoms with van der Waals surface area (Å²) in [7, 11) is 0. The third-order valence-corrected chi connectivity index (χ3v) is 4.32. The second-order valence-corrected chi connectivity index (χ2v) is 6.44. The van der Waals surface area contributed by atoms with E-state index in [-0.39, 0.29) is 17.5 Å². The molecule has 1 aromatic heterocycles. The Balaban J connectivity index is 1.57. The topological polar surface area (TPSA) is 108 Å². The van der Waals surface area contributed by atoms with Crippen molar-refractivity contribution in [1.82, 2.24) is 15.0 Å². The van der Waals surface area contributed by atoms with Gasteiger partial charge in [-0.05, 0) is 36.4 Å². The number of hydrogen-bond acceptors (Lipinski definition) is 9. The van der Waals surface area contributed by atoms with E-state index in [1.165, 1.54) is 18.3 Å². The van der Waals surface area contributed by atoms with Crippen LogP contribution < -0.4 is 15.6 Å². The second-order valence-electron chi connectivity index (χ2n) is 6.44. The lowest BCUT2D eigenvalue weighted by molar-refractivity contribution is 0.122. The van der Waals surface area contributed by atoms with Crippen molar-refractivity contribution in [3.05, 3.63) is 59.9 Å². The molecule has 0 spiro atoms. The molecule has 0 atom stereocenters. The Morgan fingerprint density at radius 3 is 2.50 bits per heavy atom. The molecule has 0 unspecified atom stereocenters. The van der Waals surface area contributed by atoms with Gasteiger partial charge in [0.25, 0.3) is 0 Å². The van der Waals surface area contributed by atoms with Crippen LogP contribution in [0.4, 0.5) is 27.9 Å². The van der Waals surface area contributed by atoms with Crippen LogP contribution in [0, 0.1) is 5.82 Å². The van der Waals surface area contributed by atoms with Crippen molar-refractivity contribution < 1.29 is 14.2 Å². The SMILES string of the molecule is Oc1ccccc1C=NNc1nc(Nc2ccc(F)cc2)nc(N2CCOCC2)n1. The molecular formula is C20H20FN7O2. The number of benzene rings is 2. The molecule has 154 valence electrons. The van der Waals surface area contributed by atoms with Crippen molar-refractivity contribution in [2.24, 2.45) is 5.10 Å². The van der Waals surface area contributed by atoms with Gasteiger partial charge in [-0.2, -0.15) is 20.1 Å². The zero-order valence-electron chi connectivity index (χ0n) is 16.0. The Morgan fingerprint density at radius 2 is 1.73 bits per heavy atom. The number of rotatable bonds is 6. The van der Waals surface area contributed by atoms with Crippen LogP contribution in [0.25, 0.3) is 0 Å². The highest BCUT2D eigenvalue weighted by Gasteiger charge is 2.16. The van der Waals surface area contributed by atoms with Gasteiger partial charge in [-0.15, -0.1) is 0 Å². The van der Waals surface area contributed by atoms with Crippen LogP contribution in [0.3, 0.4) is 0 Å². The summed E-state index contributed by atoms with van der Waals surface area (Å²) in [4.78, 5) is 15.2. The Hall–Kier alpha value is -3.79. The summed E-state index contributed by atoms with van der Waals surface area (Å²) in [6.45, 7) is 2.47. The Kier molecular flexibility index (Phi) is 5.95. The second kappa shape index (κ2) is 9.14. The smallest absolute Gasteiger partial charge is 0.250 e. The average Bonchev–Trinajstić information content (AvgIpc) is 2.77. The van der Waals surface area contributed by atoms with Gasteiger partial charge in [0, 0.05) is 24.3 Å². The number of hydrogen-bond donors (Lipinski definition) is 3. The molecule has 3 N–H and O–H groups in total. The minimum Gasteiger partial charge on any atom is -0.507 e. The number of phenolic OH excluding ortho intramolecular Hbond substituents is 1. The number of aromatic nitrogens is 3. The van der Waals surface area contributed by atoms with Crippen LogP contribution in [-0.2, 0) is 4.74 Å². The lowest BCUT2D eigenvalue weighted by atomic mass is 10.2. The van der Waals surface area contributed by atoms with Crippen molar-refractivity contribution in [3.63, 3.8) is 0 Å². The largest absolute Gasteiger partial charge is 0.507 e. The third-order valence-electron chi connectivity index (χ3n) is 4.32. The van der Waals surface area contributed by atoms with E-state index in [9.17, 15) is 9.50 Å². The lowest BCUT2D eigenvalue weighted by Crippen LogP contribution is -2.37. The number of hydrazone groups is 1. The Labute approximate surface area is 172 Å². The molecule has 1 aliphatic heterocycles. The van der Waals surface area contributed by atoms with Gasteiger partial charge in [0.15, 0.2) is 0 Å². The first-order valence-electron chi connectivity index (χ1n) is 9.36. The minimum absolute atomic E-state index is 0.117. The summed E-state index contributed by atoms with van der Waals surface area (Å²) in [5.74, 6) is 0.775. The Bertz CT molecular complexity index is 1020. The zero-order chi connectivity index (χ0) is 20.8. The van der Waals surface area contributed by atoms with E-state index in [0.717, 1.165) is 0 Å². The summed E-state index contributed by atoms with van der Waals surface area (Å²) < 4.78 is 18.6. The summed E-state index contributed by atoms with van der Waals surface area (Å²) >= 11 is 0. The lowest BCUT2D eigenvalue weighted by Gasteiger charge is -2.27. The van der Waals surface area contributed by atoms with Crippen molar-refractivity contribution in [2.45, 2.75) is 0 Å². The van der Waals surface area contributed by atoms with E-state index in [1.807, 2.05) is 4.90 Å². The van der Waals surface area contributed by atoms with Gasteiger partial charge in [0.05, 0.1) is 19.4 Å². The normalized spacial score (nSPS) is 14.1. The van der Waals surface area contributed by atoms with Crippen molar-refractivity contribution in [2.75, 3.05) is 41.9 Å². The summed E-state index contributed by atoms with van der Waals surface area (Å²) in [5.41, 5.74) is 3.96. The van der Waals surface area contributed by atoms with Gasteiger partial charge in [0.1, 0.15) is 11.6 Å². The van der Waals surface area contributed by atoms with E-state index >= 15 is 0 Å². The first-order valence-corrected chi connectivity index (χ1v) is 9.36. The highest BCUT2D eigenvalue weighted by Crippen LogP contribution is 2.19. The van der Waals surface area contributed by atoms with Gasteiger partial charge in [-0.1, -0.05) is 12.1 Å². The van der Waals surface area contributed by atoms with Crippen molar-refractivity contribution >= 4 is 29.7 Å². The average molecular weight is 409 g/mol. The van der Waals surface area contributed by atoms with Crippen LogP contribution >= 0.6 is 0 Å². The molecule has 4 rings (SSSR count). The molecule has 2 heterocycles. The predicted molar refractivity (Wildman–Crippen MR) is 112 cm³/mol. The van der Waals surface area contributed by atoms with Crippen molar-refractivity contribution in [1.29, 1.82) is 0 Å². The summed E-state index contributed by atoms with van der Waals surface area (Å²) in [6.07, 6.45) is 1.47. The van der Waals surface area contributed by atoms with E-state index in [2.05, 4.69) is 30.8 Å². The number of ether oxygens (including phenoxy) is 1. The number of aromatic hydroxyl groups is 1. The molecule has 2 aromatic carbocycles. The number of halogens is 1. The molecule has 0 radical (unpaired) electrons. The molecule has 30 heavy (non-hydrogen) atoms. The molecule has 1 saturated heterocycles. The van der Waals surface area contributed by atoms with Gasteiger partial charge < -0.3 is 20.1 Å². The van der Waals surface area contributed by atoms with Crippen LogP contribution in [0.1, 0.15) is 5.56 Å². The quantitative estimate of drug-likeness (QED) is 0.421. The van der Waals surface area contributed by atoms with Crippen molar-refractivity contribution in [3.8, 4) is 5.75 Å². The van der Waals surface area contributed by atoms with Gasteiger partial charge in [0.2, 0.25) is 17.8 Å². The molecule has 1 aliphatic rings. The number of nitrogens with one attached hydrogen (secondary N) is 2. The van der Waals surface area contributed by atoms with Gasteiger partial charge >= 0.3 is 0 Å². The minimum atomic E-state index is -0.328. The molecular weight excluding hydrogens is 389 g/mol. The fraction of sp³-hybridized carbons (Fsp3) is 0.200. The molecule has 0 aliphatic carbocycles. The van der Waals surface area contributed by atoms with Gasteiger partial charge in [-0.25, -0.2) is 9.82 Å². The molecule has 1 fully saturated rings. The molecule has 0 amide bonds. The van der Waals surface area contributed by atoms with Crippen LogP contribution in [0.15, 0.2) is 53.6 Å². The number of phenols is 1. The summed E-state index contributed by atoms with van der Waals surface area (Å²) in [5, 5.41) is 17.0. The summed E-state index contributed by atoms with van der Waals surface area (Å²) in [6, 6.07) is 12.7. The number of para-hydroxylation sites is 1. The van der Waals surface area contributed by atoms with E-state index < -0.39 is 0 Å². The van der Waals surface area contributed by atoms with Crippen LogP contribution in [-0.4, -0.2) is 52.6 Å². The monoisotopic (exact) mass is 409 g/mol. The van der Waals surface area contributed by atoms with Gasteiger partial charge in [-0.3, -0.25) is 0 Å². The zero-order valence-corrected chi connectivity index (χ0v) is 16.0. The highest BCUT2D eigenvalue weighted by molar-refractivity contribution is 5.83. The van der Waals surface area contributed by atoms with E-state index in [1.54, 1.807) is 36.4 Å². The third kappa shape index (κ3) is 4.97. The standard InChI is InChI=1S/C20H20FN7O2/c21-15-5-7-16(8-6-15)23-18-24-19(26-20(25-18)28-9-11-30-12-10-28)27-22-13-14-3-1-2-4-17(14)29/h1-8,13,29H,9-12H2,(H2,23,24,25,26,27). The predicted octanol–water partition coefficient (Wildman–Crippen LogP) is 2.74. The number of morpholine rings is 1. The Morgan fingerprint density at radius 1 is 1.00 bits per heavy atom. The molecule has 0 bridgehead atoms. The van der Waals surface area contributed by atoms with E-state index in [4.69, 9.17) is 4.74 Å². The fourth-order valence-corrected chi connectivity index (χ4v) is 2.79. The highest BCUT2D eigenvalue weighted by atomic mass is 19.1. The maximum Gasteiger partial charge on any atom is 0.250 e. The number of nitrogens with zero attached hydrogens (tertiary/aromatic N) is 5. The first-order chi connectivity index (χ1) is 14.7. The fourth-order valence-electron chi connectivity index (χ4n) is 2.79. The van der Waals surface area contributed by atoms with Crippen LogP contribution in [0.2, 0.25) is 0 Å². The van der Waals surface area contributed by atoms with Crippen LogP contribution in [0.5, 0.6) is 5.75 Å². The molecule has 0 saturated carbocycles. The maximum absolute atomic E-state index is 13.2. The maximum atomic E-state index is 13.2. The molecule has 3 aromatic rings. The molecule has 9 nitrogen and oxygen atoms in total. The number of anilines is 4. The first kappa shape index (κ1) is 19.5.